The Bertz CT molecular complexity index is 768. The van der Waals surface area contributed by atoms with Crippen LogP contribution in [0.2, 0.25) is 5.02 Å². The Hall–Kier alpha value is -2.41. The normalized spacial score (nSPS) is 11.0. The molecule has 2 heterocycles. The van der Waals surface area contributed by atoms with Gasteiger partial charge in [-0.05, 0) is 17.7 Å². The molecule has 0 saturated carbocycles. The molecule has 0 aliphatic carbocycles. The van der Waals surface area contributed by atoms with Gasteiger partial charge in [0.05, 0.1) is 12.8 Å². The lowest BCUT2D eigenvalue weighted by atomic mass is 10.1. The van der Waals surface area contributed by atoms with Crippen molar-refractivity contribution in [2.75, 3.05) is 0 Å². The van der Waals surface area contributed by atoms with Crippen molar-refractivity contribution in [1.82, 2.24) is 20.3 Å². The van der Waals surface area contributed by atoms with Crippen LogP contribution >= 0.6 is 11.6 Å². The van der Waals surface area contributed by atoms with Crippen LogP contribution in [0.1, 0.15) is 29.0 Å². The highest BCUT2D eigenvalue weighted by molar-refractivity contribution is 6.31. The van der Waals surface area contributed by atoms with E-state index in [-0.39, 0.29) is 5.75 Å². The summed E-state index contributed by atoms with van der Waals surface area (Å²) in [7, 11) is 0. The average molecular weight is 307 g/mol. The highest BCUT2D eigenvalue weighted by atomic mass is 35.5. The summed E-state index contributed by atoms with van der Waals surface area (Å²) in [5.41, 5.74) is 0.792. The van der Waals surface area contributed by atoms with Crippen LogP contribution in [0, 0.1) is 6.92 Å². The van der Waals surface area contributed by atoms with E-state index in [1.165, 1.54) is 6.07 Å². The van der Waals surface area contributed by atoms with Crippen molar-refractivity contribution in [2.24, 2.45) is 0 Å². The van der Waals surface area contributed by atoms with Crippen LogP contribution in [0.3, 0.4) is 0 Å². The van der Waals surface area contributed by atoms with Gasteiger partial charge in [0.15, 0.2) is 11.6 Å². The Morgan fingerprint density at radius 1 is 1.10 bits per heavy atom. The molecule has 0 atom stereocenters. The van der Waals surface area contributed by atoms with E-state index in [9.17, 15) is 5.11 Å². The molecular formula is C13H11ClN4O3. The maximum Gasteiger partial charge on any atom is 0.231 e. The van der Waals surface area contributed by atoms with Crippen LogP contribution in [0.15, 0.2) is 27.2 Å². The molecule has 3 rings (SSSR count). The molecule has 2 aromatic heterocycles. The summed E-state index contributed by atoms with van der Waals surface area (Å²) in [6, 6.07) is 4.74. The molecule has 0 unspecified atom stereocenters. The van der Waals surface area contributed by atoms with Crippen molar-refractivity contribution < 1.29 is 14.2 Å². The largest absolute Gasteiger partial charge is 0.508 e. The zero-order chi connectivity index (χ0) is 14.8. The van der Waals surface area contributed by atoms with E-state index in [4.69, 9.17) is 20.6 Å². The number of phenols is 1. The van der Waals surface area contributed by atoms with Gasteiger partial charge in [-0.1, -0.05) is 28.0 Å². The predicted octanol–water partition coefficient (Wildman–Crippen LogP) is 2.30. The van der Waals surface area contributed by atoms with Crippen LogP contribution in [-0.4, -0.2) is 25.4 Å². The molecule has 0 amide bonds. The average Bonchev–Trinajstić information content (AvgIpc) is 3.03. The number of rotatable bonds is 4. The van der Waals surface area contributed by atoms with Gasteiger partial charge in [0.25, 0.3) is 0 Å². The maximum atomic E-state index is 9.32. The van der Waals surface area contributed by atoms with Gasteiger partial charge in [-0.15, -0.1) is 0 Å². The fourth-order valence-electron chi connectivity index (χ4n) is 1.83. The predicted molar refractivity (Wildman–Crippen MR) is 72.1 cm³/mol. The second kappa shape index (κ2) is 5.53. The lowest BCUT2D eigenvalue weighted by Gasteiger charge is -2.00. The summed E-state index contributed by atoms with van der Waals surface area (Å²) in [5.74, 6) is 2.01. The zero-order valence-corrected chi connectivity index (χ0v) is 11.8. The number of hydrogen-bond acceptors (Lipinski definition) is 7. The maximum absolute atomic E-state index is 9.32. The number of phenolic OH excluding ortho intramolecular Hbond substituents is 1. The smallest absolute Gasteiger partial charge is 0.231 e. The molecule has 7 nitrogen and oxygen atoms in total. The minimum atomic E-state index is 0.113. The van der Waals surface area contributed by atoms with Crippen molar-refractivity contribution >= 4 is 11.6 Å². The fourth-order valence-corrected chi connectivity index (χ4v) is 2.07. The first-order valence-corrected chi connectivity index (χ1v) is 6.56. The molecule has 0 spiro atoms. The van der Waals surface area contributed by atoms with Gasteiger partial charge in [0.1, 0.15) is 5.75 Å². The highest BCUT2D eigenvalue weighted by Crippen LogP contribution is 2.23. The van der Waals surface area contributed by atoms with Crippen molar-refractivity contribution in [2.45, 2.75) is 19.8 Å². The summed E-state index contributed by atoms with van der Waals surface area (Å²) in [6.45, 7) is 1.71. The standard InChI is InChI=1S/C13H11ClN4O3/c1-7-15-11(17-20-7)6-12-16-13(21-18-12)4-8-2-3-9(19)5-10(8)14/h2-3,5,19H,4,6H2,1H3. The number of nitrogens with zero attached hydrogens (tertiary/aromatic N) is 4. The molecule has 0 saturated heterocycles. The summed E-state index contributed by atoms with van der Waals surface area (Å²) in [5, 5.41) is 17.4. The van der Waals surface area contributed by atoms with E-state index >= 15 is 0 Å². The first-order valence-electron chi connectivity index (χ1n) is 6.18. The molecular weight excluding hydrogens is 296 g/mol. The molecule has 21 heavy (non-hydrogen) atoms. The van der Waals surface area contributed by atoms with Gasteiger partial charge >= 0.3 is 0 Å². The Balaban J connectivity index is 1.72. The summed E-state index contributed by atoms with van der Waals surface area (Å²) < 4.78 is 10.0. The first-order chi connectivity index (χ1) is 10.1. The molecule has 0 bridgehead atoms. The third-order valence-electron chi connectivity index (χ3n) is 2.77. The van der Waals surface area contributed by atoms with Crippen LogP contribution < -0.4 is 0 Å². The molecule has 0 fully saturated rings. The summed E-state index contributed by atoms with van der Waals surface area (Å²) in [6.07, 6.45) is 0.724. The molecule has 1 N–H and O–H groups in total. The van der Waals surface area contributed by atoms with Crippen LogP contribution in [-0.2, 0) is 12.8 Å². The van der Waals surface area contributed by atoms with Gasteiger partial charge in [-0.3, -0.25) is 0 Å². The van der Waals surface area contributed by atoms with E-state index in [1.807, 2.05) is 0 Å². The fraction of sp³-hybridized carbons (Fsp3) is 0.231. The van der Waals surface area contributed by atoms with Gasteiger partial charge < -0.3 is 14.2 Å². The van der Waals surface area contributed by atoms with Gasteiger partial charge in [0, 0.05) is 11.9 Å². The van der Waals surface area contributed by atoms with E-state index in [0.717, 1.165) is 5.56 Å². The van der Waals surface area contributed by atoms with Crippen LogP contribution in [0.4, 0.5) is 0 Å². The Labute approximate surface area is 124 Å². The molecule has 1 aromatic carbocycles. The zero-order valence-electron chi connectivity index (χ0n) is 11.1. The first kappa shape index (κ1) is 13.6. The molecule has 0 radical (unpaired) electrons. The summed E-state index contributed by atoms with van der Waals surface area (Å²) in [4.78, 5) is 8.33. The van der Waals surface area contributed by atoms with Gasteiger partial charge in [-0.2, -0.15) is 9.97 Å². The monoisotopic (exact) mass is 306 g/mol. The summed E-state index contributed by atoms with van der Waals surface area (Å²) >= 11 is 6.04. The van der Waals surface area contributed by atoms with E-state index in [1.54, 1.807) is 19.1 Å². The Morgan fingerprint density at radius 2 is 1.86 bits per heavy atom. The SMILES string of the molecule is Cc1nc(Cc2noc(Cc3ccc(O)cc3Cl)n2)no1. The minimum Gasteiger partial charge on any atom is -0.508 e. The Morgan fingerprint density at radius 3 is 2.57 bits per heavy atom. The molecule has 3 aromatic rings. The number of halogens is 1. The number of hydrogen-bond donors (Lipinski definition) is 1. The highest BCUT2D eigenvalue weighted by Gasteiger charge is 2.12. The topological polar surface area (TPSA) is 98.1 Å². The Kier molecular flexibility index (Phi) is 3.57. The van der Waals surface area contributed by atoms with Crippen LogP contribution in [0.25, 0.3) is 0 Å². The number of aromatic nitrogens is 4. The lowest BCUT2D eigenvalue weighted by Crippen LogP contribution is -1.94. The minimum absolute atomic E-state index is 0.113. The van der Waals surface area contributed by atoms with E-state index in [0.29, 0.717) is 41.3 Å². The van der Waals surface area contributed by atoms with Crippen molar-refractivity contribution in [1.29, 1.82) is 0 Å². The van der Waals surface area contributed by atoms with Gasteiger partial charge in [-0.25, -0.2) is 0 Å². The van der Waals surface area contributed by atoms with Crippen molar-refractivity contribution in [3.8, 4) is 5.75 Å². The molecule has 8 heteroatoms. The van der Waals surface area contributed by atoms with Gasteiger partial charge in [0.2, 0.25) is 11.8 Å². The lowest BCUT2D eigenvalue weighted by molar-refractivity contribution is 0.377. The quantitative estimate of drug-likeness (QED) is 0.789. The molecule has 108 valence electrons. The second-order valence-corrected chi connectivity index (χ2v) is 4.87. The number of benzene rings is 1. The third kappa shape index (κ3) is 3.19. The van der Waals surface area contributed by atoms with Crippen molar-refractivity contribution in [3.05, 3.63) is 52.2 Å². The van der Waals surface area contributed by atoms with E-state index < -0.39 is 0 Å². The third-order valence-corrected chi connectivity index (χ3v) is 3.13. The number of aromatic hydroxyl groups is 1. The van der Waals surface area contributed by atoms with Crippen LogP contribution in [0.5, 0.6) is 5.75 Å². The van der Waals surface area contributed by atoms with E-state index in [2.05, 4.69) is 20.3 Å². The van der Waals surface area contributed by atoms with Crippen molar-refractivity contribution in [3.63, 3.8) is 0 Å². The molecule has 0 aliphatic rings. The molecule has 0 aliphatic heterocycles. The number of aryl methyl sites for hydroxylation is 1. The second-order valence-electron chi connectivity index (χ2n) is 4.46.